The molecule has 1 atom stereocenters. The number of halogens is 1. The van der Waals surface area contributed by atoms with Gasteiger partial charge >= 0.3 is 0 Å². The third-order valence-corrected chi connectivity index (χ3v) is 3.99. The smallest absolute Gasteiger partial charge is 0.0571 e. The lowest BCUT2D eigenvalue weighted by molar-refractivity contribution is 0.648. The molecule has 2 heteroatoms. The van der Waals surface area contributed by atoms with Crippen LogP contribution in [-0.2, 0) is 5.41 Å². The highest BCUT2D eigenvalue weighted by atomic mass is 79.9. The van der Waals surface area contributed by atoms with Crippen molar-refractivity contribution in [1.82, 2.24) is 5.32 Å². The molecule has 1 aliphatic rings. The average molecular weight is 300 g/mol. The van der Waals surface area contributed by atoms with Crippen molar-refractivity contribution >= 4 is 15.9 Å². The molecule has 0 aliphatic carbocycles. The van der Waals surface area contributed by atoms with Gasteiger partial charge in [0.2, 0.25) is 0 Å². The average Bonchev–Trinajstić information content (AvgIpc) is 2.90. The summed E-state index contributed by atoms with van der Waals surface area (Å²) in [6.45, 7) is 0.910. The van der Waals surface area contributed by atoms with Crippen LogP contribution in [-0.4, -0.2) is 6.54 Å². The van der Waals surface area contributed by atoms with Crippen LogP contribution < -0.4 is 5.32 Å². The third kappa shape index (κ3) is 1.87. The molecule has 0 saturated carbocycles. The topological polar surface area (TPSA) is 12.0 Å². The molecule has 90 valence electrons. The first-order valence-corrected chi connectivity index (χ1v) is 6.83. The lowest BCUT2D eigenvalue weighted by Gasteiger charge is -2.28. The van der Waals surface area contributed by atoms with E-state index in [1.807, 2.05) is 6.20 Å². The summed E-state index contributed by atoms with van der Waals surface area (Å²) < 4.78 is 1.12. The zero-order valence-electron chi connectivity index (χ0n) is 9.94. The summed E-state index contributed by atoms with van der Waals surface area (Å²) in [7, 11) is 0. The van der Waals surface area contributed by atoms with Crippen molar-refractivity contribution in [3.05, 3.63) is 82.5 Å². The molecule has 1 nitrogen and oxygen atoms in total. The Morgan fingerprint density at radius 1 is 0.944 bits per heavy atom. The molecule has 0 spiro atoms. The molecule has 2 aromatic carbocycles. The maximum atomic E-state index is 3.56. The molecule has 0 saturated heterocycles. The fourth-order valence-corrected chi connectivity index (χ4v) is 2.94. The van der Waals surface area contributed by atoms with Crippen molar-refractivity contribution in [3.8, 4) is 0 Å². The summed E-state index contributed by atoms with van der Waals surface area (Å²) in [5.41, 5.74) is 2.58. The molecule has 0 amide bonds. The Morgan fingerprint density at radius 2 is 1.72 bits per heavy atom. The highest BCUT2D eigenvalue weighted by Crippen LogP contribution is 2.36. The van der Waals surface area contributed by atoms with E-state index in [0.717, 1.165) is 11.0 Å². The third-order valence-electron chi connectivity index (χ3n) is 3.50. The highest BCUT2D eigenvalue weighted by molar-refractivity contribution is 9.10. The van der Waals surface area contributed by atoms with Crippen LogP contribution in [0.2, 0.25) is 0 Å². The van der Waals surface area contributed by atoms with Crippen molar-refractivity contribution < 1.29 is 0 Å². The first-order chi connectivity index (χ1) is 8.81. The van der Waals surface area contributed by atoms with E-state index in [-0.39, 0.29) is 5.41 Å². The Bertz CT molecular complexity index is 577. The molecule has 0 fully saturated rings. The monoisotopic (exact) mass is 299 g/mol. The minimum absolute atomic E-state index is 0.0506. The second kappa shape index (κ2) is 4.62. The van der Waals surface area contributed by atoms with Gasteiger partial charge in [0, 0.05) is 11.0 Å². The van der Waals surface area contributed by atoms with Crippen molar-refractivity contribution in [1.29, 1.82) is 0 Å². The normalized spacial score (nSPS) is 21.8. The lowest BCUT2D eigenvalue weighted by atomic mass is 9.75. The van der Waals surface area contributed by atoms with Gasteiger partial charge in [-0.3, -0.25) is 0 Å². The van der Waals surface area contributed by atoms with Gasteiger partial charge in [0.1, 0.15) is 0 Å². The Morgan fingerprint density at radius 3 is 2.39 bits per heavy atom. The zero-order valence-corrected chi connectivity index (χ0v) is 11.5. The summed E-state index contributed by atoms with van der Waals surface area (Å²) in [4.78, 5) is 0. The van der Waals surface area contributed by atoms with E-state index >= 15 is 0 Å². The Kier molecular flexibility index (Phi) is 2.96. The van der Waals surface area contributed by atoms with Crippen molar-refractivity contribution in [2.75, 3.05) is 6.54 Å². The molecule has 0 radical (unpaired) electrons. The van der Waals surface area contributed by atoms with Gasteiger partial charge in [0.15, 0.2) is 0 Å². The molecule has 1 heterocycles. The largest absolute Gasteiger partial charge is 0.390 e. The van der Waals surface area contributed by atoms with E-state index < -0.39 is 0 Å². The van der Waals surface area contributed by atoms with E-state index in [0.29, 0.717) is 0 Å². The lowest BCUT2D eigenvalue weighted by Crippen LogP contribution is -2.30. The van der Waals surface area contributed by atoms with E-state index in [4.69, 9.17) is 0 Å². The fourth-order valence-electron chi connectivity index (χ4n) is 2.54. The predicted molar refractivity (Wildman–Crippen MR) is 78.5 cm³/mol. The summed E-state index contributed by atoms with van der Waals surface area (Å²) in [5, 5.41) is 3.33. The number of rotatable bonds is 2. The van der Waals surface area contributed by atoms with Gasteiger partial charge < -0.3 is 5.32 Å². The van der Waals surface area contributed by atoms with Crippen molar-refractivity contribution in [2.24, 2.45) is 0 Å². The number of hydrogen-bond acceptors (Lipinski definition) is 1. The quantitative estimate of drug-likeness (QED) is 0.888. The van der Waals surface area contributed by atoms with Gasteiger partial charge in [-0.2, -0.15) is 0 Å². The maximum absolute atomic E-state index is 3.56. The Balaban J connectivity index is 2.16. The van der Waals surface area contributed by atoms with Crippen LogP contribution in [0.5, 0.6) is 0 Å². The SMILES string of the molecule is Brc1cccc(C2(c3ccccc3)C=CNC2)c1. The number of nitrogens with one attached hydrogen (secondary N) is 1. The molecule has 0 bridgehead atoms. The first-order valence-electron chi connectivity index (χ1n) is 6.04. The summed E-state index contributed by atoms with van der Waals surface area (Å²) in [5.74, 6) is 0. The van der Waals surface area contributed by atoms with Gasteiger partial charge in [-0.25, -0.2) is 0 Å². The van der Waals surface area contributed by atoms with Crippen LogP contribution >= 0.6 is 15.9 Å². The zero-order chi connectivity index (χ0) is 12.4. The Hall–Kier alpha value is -1.54. The van der Waals surface area contributed by atoms with Crippen molar-refractivity contribution in [2.45, 2.75) is 5.41 Å². The van der Waals surface area contributed by atoms with Gasteiger partial charge in [-0.1, -0.05) is 64.5 Å². The van der Waals surface area contributed by atoms with Gasteiger partial charge in [-0.15, -0.1) is 0 Å². The van der Waals surface area contributed by atoms with Gasteiger partial charge in [-0.05, 0) is 29.5 Å². The van der Waals surface area contributed by atoms with Crippen LogP contribution in [0, 0.1) is 0 Å². The van der Waals surface area contributed by atoms with Crippen LogP contribution in [0.1, 0.15) is 11.1 Å². The second-order valence-corrected chi connectivity index (χ2v) is 5.48. The standard InChI is InChI=1S/C16H14BrN/c17-15-8-4-7-14(11-15)16(9-10-18-12-16)13-5-2-1-3-6-13/h1-11,18H,12H2. The van der Waals surface area contributed by atoms with Crippen LogP contribution in [0.4, 0.5) is 0 Å². The molecule has 1 N–H and O–H groups in total. The minimum Gasteiger partial charge on any atom is -0.390 e. The molecular weight excluding hydrogens is 286 g/mol. The molecule has 2 aromatic rings. The van der Waals surface area contributed by atoms with Crippen molar-refractivity contribution in [3.63, 3.8) is 0 Å². The summed E-state index contributed by atoms with van der Waals surface area (Å²) >= 11 is 3.56. The summed E-state index contributed by atoms with van der Waals surface area (Å²) in [6, 6.07) is 19.2. The van der Waals surface area contributed by atoms with Gasteiger partial charge in [0.05, 0.1) is 5.41 Å². The van der Waals surface area contributed by atoms with Crippen LogP contribution in [0.15, 0.2) is 71.3 Å². The Labute approximate surface area is 116 Å². The van der Waals surface area contributed by atoms with Crippen LogP contribution in [0.3, 0.4) is 0 Å². The first kappa shape index (κ1) is 11.5. The molecular formula is C16H14BrN. The van der Waals surface area contributed by atoms with E-state index in [1.54, 1.807) is 0 Å². The number of hydrogen-bond donors (Lipinski definition) is 1. The molecule has 3 rings (SSSR count). The minimum atomic E-state index is -0.0506. The number of benzene rings is 2. The van der Waals surface area contributed by atoms with E-state index in [1.165, 1.54) is 11.1 Å². The van der Waals surface area contributed by atoms with E-state index in [2.05, 4.69) is 81.9 Å². The van der Waals surface area contributed by atoms with Crippen LogP contribution in [0.25, 0.3) is 0 Å². The van der Waals surface area contributed by atoms with E-state index in [9.17, 15) is 0 Å². The predicted octanol–water partition coefficient (Wildman–Crippen LogP) is 3.85. The molecule has 1 aliphatic heterocycles. The second-order valence-electron chi connectivity index (χ2n) is 4.56. The molecule has 18 heavy (non-hydrogen) atoms. The van der Waals surface area contributed by atoms with Gasteiger partial charge in [0.25, 0.3) is 0 Å². The molecule has 0 aromatic heterocycles. The maximum Gasteiger partial charge on any atom is 0.0571 e. The molecule has 1 unspecified atom stereocenters. The fraction of sp³-hybridized carbons (Fsp3) is 0.125. The summed E-state index contributed by atoms with van der Waals surface area (Å²) in [6.07, 6.45) is 4.30. The highest BCUT2D eigenvalue weighted by Gasteiger charge is 2.33.